The molecule has 0 spiro atoms. The van der Waals surface area contributed by atoms with E-state index in [4.69, 9.17) is 5.10 Å². The molecule has 2 aliphatic heterocycles. The number of hydrogen-bond acceptors (Lipinski definition) is 8. The number of carbonyl (C=O) groups is 3. The van der Waals surface area contributed by atoms with Crippen molar-refractivity contribution in [2.75, 3.05) is 42.9 Å². The molecule has 3 aliphatic rings. The smallest absolute Gasteiger partial charge is 0.257 e. The average Bonchev–Trinajstić information content (AvgIpc) is 3.78. The summed E-state index contributed by atoms with van der Waals surface area (Å²) in [6.07, 6.45) is 11.7. The second kappa shape index (κ2) is 14.6. The summed E-state index contributed by atoms with van der Waals surface area (Å²) in [5.41, 5.74) is 3.33. The number of carbonyl (C=O) groups excluding carboxylic acids is 3. The first-order valence-corrected chi connectivity index (χ1v) is 18.7. The van der Waals surface area contributed by atoms with Gasteiger partial charge in [0.05, 0.1) is 29.4 Å². The summed E-state index contributed by atoms with van der Waals surface area (Å²) in [5, 5.41) is 15.4. The van der Waals surface area contributed by atoms with E-state index in [0.717, 1.165) is 74.3 Å². The van der Waals surface area contributed by atoms with Gasteiger partial charge in [-0.2, -0.15) is 14.7 Å². The summed E-state index contributed by atoms with van der Waals surface area (Å²) >= 11 is 0. The highest BCUT2D eigenvalue weighted by atomic mass is 19.1. The van der Waals surface area contributed by atoms with Crippen LogP contribution in [-0.2, 0) is 16.0 Å². The minimum Gasteiger partial charge on any atom is -0.367 e. The Morgan fingerprint density at radius 3 is 2.58 bits per heavy atom. The van der Waals surface area contributed by atoms with Crippen LogP contribution in [0.3, 0.4) is 0 Å². The Balaban J connectivity index is 0.828. The second-order valence-electron chi connectivity index (χ2n) is 14.5. The normalized spacial score (nSPS) is 21.3. The number of piperazine rings is 1. The molecule has 14 heteroatoms. The number of nitrogens with zero attached hydrogens (tertiary/aromatic N) is 7. The fourth-order valence-corrected chi connectivity index (χ4v) is 8.25. The summed E-state index contributed by atoms with van der Waals surface area (Å²) in [4.78, 5) is 45.8. The lowest BCUT2D eigenvalue weighted by Gasteiger charge is -2.37. The summed E-state index contributed by atoms with van der Waals surface area (Å²) in [6.45, 7) is 5.72. The van der Waals surface area contributed by atoms with Crippen LogP contribution >= 0.6 is 0 Å². The maximum atomic E-state index is 15.2. The van der Waals surface area contributed by atoms with Gasteiger partial charge >= 0.3 is 0 Å². The van der Waals surface area contributed by atoms with Crippen LogP contribution in [0, 0.1) is 17.6 Å². The van der Waals surface area contributed by atoms with Gasteiger partial charge in [-0.15, -0.1) is 0 Å². The predicted molar refractivity (Wildman–Crippen MR) is 196 cm³/mol. The molecule has 1 unspecified atom stereocenters. The monoisotopic (exact) mass is 723 g/mol. The number of aryl methyl sites for hydroxylation is 1. The first-order valence-electron chi connectivity index (χ1n) is 18.7. The Labute approximate surface area is 305 Å². The van der Waals surface area contributed by atoms with Crippen molar-refractivity contribution in [1.82, 2.24) is 34.6 Å². The third kappa shape index (κ3) is 7.11. The van der Waals surface area contributed by atoms with Crippen LogP contribution in [0.15, 0.2) is 55.0 Å². The minimum absolute atomic E-state index is 0.00363. The van der Waals surface area contributed by atoms with Crippen LogP contribution in [0.1, 0.15) is 85.3 Å². The Morgan fingerprint density at radius 2 is 1.81 bits per heavy atom. The molecule has 2 aromatic carbocycles. The van der Waals surface area contributed by atoms with Crippen LogP contribution in [0.25, 0.3) is 16.6 Å². The molecule has 276 valence electrons. The number of benzene rings is 2. The van der Waals surface area contributed by atoms with Crippen molar-refractivity contribution in [2.24, 2.45) is 5.92 Å². The molecule has 1 aliphatic carbocycles. The van der Waals surface area contributed by atoms with Crippen LogP contribution in [-0.4, -0.2) is 79.7 Å². The van der Waals surface area contributed by atoms with Crippen molar-refractivity contribution < 1.29 is 23.2 Å². The molecule has 2 N–H and O–H groups in total. The molecule has 1 saturated carbocycles. The number of imidazole rings is 1. The van der Waals surface area contributed by atoms with Gasteiger partial charge in [0, 0.05) is 67.6 Å². The molecule has 3 amide bonds. The molecule has 8 rings (SSSR count). The number of amides is 3. The molecule has 5 heterocycles. The summed E-state index contributed by atoms with van der Waals surface area (Å²) in [5.74, 6) is -2.05. The number of nitrogens with one attached hydrogen (secondary N) is 2. The van der Waals surface area contributed by atoms with Crippen molar-refractivity contribution >= 4 is 45.8 Å². The summed E-state index contributed by atoms with van der Waals surface area (Å²) in [6, 6.07) is 10.2. The van der Waals surface area contributed by atoms with Crippen molar-refractivity contribution in [3.63, 3.8) is 0 Å². The third-order valence-corrected chi connectivity index (χ3v) is 11.3. The van der Waals surface area contributed by atoms with Gasteiger partial charge in [0.1, 0.15) is 11.6 Å². The number of fused-ring (bicyclic) bond motifs is 2. The maximum Gasteiger partial charge on any atom is 0.257 e. The minimum atomic E-state index is -0.862. The molecule has 2 saturated heterocycles. The summed E-state index contributed by atoms with van der Waals surface area (Å²) in [7, 11) is 0. The Morgan fingerprint density at radius 1 is 1.00 bits per heavy atom. The highest BCUT2D eigenvalue weighted by Crippen LogP contribution is 2.36. The maximum absolute atomic E-state index is 15.2. The van der Waals surface area contributed by atoms with Gasteiger partial charge in [-0.05, 0) is 93.3 Å². The topological polar surface area (TPSA) is 130 Å². The van der Waals surface area contributed by atoms with E-state index in [1.165, 1.54) is 6.07 Å². The first kappa shape index (κ1) is 34.8. The van der Waals surface area contributed by atoms with Gasteiger partial charge in [-0.3, -0.25) is 29.3 Å². The van der Waals surface area contributed by atoms with Crippen molar-refractivity contribution in [3.8, 4) is 0 Å². The zero-order valence-electron chi connectivity index (χ0n) is 29.7. The molecule has 0 radical (unpaired) electrons. The Hall–Kier alpha value is -5.24. The van der Waals surface area contributed by atoms with Crippen molar-refractivity contribution in [3.05, 3.63) is 83.3 Å². The van der Waals surface area contributed by atoms with Gasteiger partial charge < -0.3 is 10.2 Å². The molecular weight excluding hydrogens is 680 g/mol. The van der Waals surface area contributed by atoms with Gasteiger partial charge in [-0.25, -0.2) is 13.8 Å². The Bertz CT molecular complexity index is 2180. The van der Waals surface area contributed by atoms with Gasteiger partial charge in [0.15, 0.2) is 11.5 Å². The van der Waals surface area contributed by atoms with E-state index in [9.17, 15) is 14.4 Å². The molecule has 3 aromatic heterocycles. The molecule has 3 fully saturated rings. The van der Waals surface area contributed by atoms with Crippen LogP contribution in [0.4, 0.5) is 20.3 Å². The SMILES string of the molecule is CCc1cc2nn(C3CCC(CCN4CCN(c5cc(F)c(C6CCC(=O)NC6=O)cc5F)CC4)CC3)cc2cc1C(=O)Nc1cnc2cccnn12. The quantitative estimate of drug-likeness (QED) is 0.187. The van der Waals surface area contributed by atoms with E-state index in [2.05, 4.69) is 36.5 Å². The average molecular weight is 724 g/mol. The standard InChI is InChI=1S/C39H43F2N9O3/c1-2-25-19-33-26(18-29(25)39(53)44-36-22-42-35-4-3-12-43-50(35)36)23-49(46-33)27-7-5-24(6-8-27)11-13-47-14-16-48(17-15-47)34-21-31(40)30(20-32(34)41)28-9-10-37(51)45-38(28)52/h3-4,12,18-24,27-28H,2,5-11,13-17H2,1H3,(H,44,53)(H,45,51,52). The molecule has 53 heavy (non-hydrogen) atoms. The highest BCUT2D eigenvalue weighted by Gasteiger charge is 2.32. The number of anilines is 2. The van der Waals surface area contributed by atoms with Gasteiger partial charge in [0.2, 0.25) is 11.8 Å². The lowest BCUT2D eigenvalue weighted by Crippen LogP contribution is -2.47. The van der Waals surface area contributed by atoms with E-state index < -0.39 is 23.5 Å². The predicted octanol–water partition coefficient (Wildman–Crippen LogP) is 5.64. The van der Waals surface area contributed by atoms with E-state index in [-0.39, 0.29) is 35.9 Å². The number of rotatable bonds is 9. The summed E-state index contributed by atoms with van der Waals surface area (Å²) < 4.78 is 34.0. The number of piperidine rings is 1. The third-order valence-electron chi connectivity index (χ3n) is 11.3. The van der Waals surface area contributed by atoms with E-state index in [1.54, 1.807) is 23.0 Å². The van der Waals surface area contributed by atoms with Gasteiger partial charge in [-0.1, -0.05) is 6.92 Å². The van der Waals surface area contributed by atoms with Crippen molar-refractivity contribution in [1.29, 1.82) is 0 Å². The highest BCUT2D eigenvalue weighted by molar-refractivity contribution is 6.07. The fourth-order valence-electron chi connectivity index (χ4n) is 8.25. The second-order valence-corrected chi connectivity index (χ2v) is 14.5. The molecule has 12 nitrogen and oxygen atoms in total. The number of imide groups is 1. The lowest BCUT2D eigenvalue weighted by molar-refractivity contribution is -0.134. The fraction of sp³-hybridized carbons (Fsp3) is 0.436. The number of hydrogen-bond donors (Lipinski definition) is 2. The zero-order chi connectivity index (χ0) is 36.6. The molecular formula is C39H43F2N9O3. The first-order chi connectivity index (χ1) is 25.7. The largest absolute Gasteiger partial charge is 0.367 e. The number of aromatic nitrogens is 5. The molecule has 0 bridgehead atoms. The zero-order valence-corrected chi connectivity index (χ0v) is 29.7. The van der Waals surface area contributed by atoms with E-state index in [0.29, 0.717) is 48.5 Å². The van der Waals surface area contributed by atoms with E-state index in [1.807, 2.05) is 30.0 Å². The number of halogens is 2. The van der Waals surface area contributed by atoms with E-state index >= 15 is 8.78 Å². The Kier molecular flexibility index (Phi) is 9.62. The van der Waals surface area contributed by atoms with Crippen LogP contribution in [0.2, 0.25) is 0 Å². The van der Waals surface area contributed by atoms with Crippen molar-refractivity contribution in [2.45, 2.75) is 70.3 Å². The van der Waals surface area contributed by atoms with Crippen LogP contribution in [0.5, 0.6) is 0 Å². The molecule has 1 atom stereocenters. The molecule has 5 aromatic rings. The lowest BCUT2D eigenvalue weighted by atomic mass is 9.84. The van der Waals surface area contributed by atoms with Gasteiger partial charge in [0.25, 0.3) is 5.91 Å². The van der Waals surface area contributed by atoms with Crippen LogP contribution < -0.4 is 15.5 Å².